The zero-order valence-electron chi connectivity index (χ0n) is 15.0. The van der Waals surface area contributed by atoms with Gasteiger partial charge in [0.25, 0.3) is 0 Å². The maximum absolute atomic E-state index is 13.2. The number of carbonyl (C=O) groups is 1. The lowest BCUT2D eigenvalue weighted by Crippen LogP contribution is -2.00. The Balaban J connectivity index is 1.57. The zero-order valence-corrected chi connectivity index (χ0v) is 15.8. The lowest BCUT2D eigenvalue weighted by Gasteiger charge is -2.10. The number of fused-ring (bicyclic) bond motifs is 1. The molecule has 1 aliphatic rings. The second kappa shape index (κ2) is 7.49. The number of Topliss-reactive ketones (excluding diaryl/α,β-unsaturated/α-hetero) is 1. The van der Waals surface area contributed by atoms with Crippen LogP contribution in [-0.2, 0) is 6.61 Å². The summed E-state index contributed by atoms with van der Waals surface area (Å²) in [7, 11) is 0. The van der Waals surface area contributed by atoms with E-state index in [0.29, 0.717) is 27.6 Å². The summed E-state index contributed by atoms with van der Waals surface area (Å²) in [6.07, 6.45) is 1.72. The molecule has 0 saturated carbocycles. The van der Waals surface area contributed by atoms with Crippen molar-refractivity contribution in [1.82, 2.24) is 0 Å². The predicted octanol–water partition coefficient (Wildman–Crippen LogP) is 5.98. The molecule has 0 spiro atoms. The van der Waals surface area contributed by atoms with E-state index in [2.05, 4.69) is 0 Å². The van der Waals surface area contributed by atoms with E-state index in [0.717, 1.165) is 11.1 Å². The number of ketones is 1. The highest BCUT2D eigenvalue weighted by Gasteiger charge is 2.30. The van der Waals surface area contributed by atoms with Crippen molar-refractivity contribution >= 4 is 23.5 Å². The van der Waals surface area contributed by atoms with Crippen LogP contribution < -0.4 is 9.47 Å². The lowest BCUT2D eigenvalue weighted by molar-refractivity contribution is 0.101. The Bertz CT molecular complexity index is 1090. The number of halogens is 2. The van der Waals surface area contributed by atoms with Crippen molar-refractivity contribution in [1.29, 1.82) is 0 Å². The molecular weight excluding hydrogens is 379 g/mol. The van der Waals surface area contributed by atoms with Gasteiger partial charge in [-0.2, -0.15) is 0 Å². The fourth-order valence-electron chi connectivity index (χ4n) is 3.06. The molecule has 0 atom stereocenters. The van der Waals surface area contributed by atoms with E-state index in [1.54, 1.807) is 24.3 Å². The molecule has 5 heteroatoms. The van der Waals surface area contributed by atoms with Crippen molar-refractivity contribution in [2.75, 3.05) is 0 Å². The predicted molar refractivity (Wildman–Crippen MR) is 106 cm³/mol. The fourth-order valence-corrected chi connectivity index (χ4v) is 3.28. The van der Waals surface area contributed by atoms with E-state index in [-0.39, 0.29) is 18.1 Å². The van der Waals surface area contributed by atoms with Gasteiger partial charge in [0.2, 0.25) is 5.78 Å². The highest BCUT2D eigenvalue weighted by molar-refractivity contribution is 6.31. The average Bonchev–Trinajstić information content (AvgIpc) is 2.98. The third kappa shape index (κ3) is 3.64. The molecule has 0 N–H and O–H groups in total. The minimum absolute atomic E-state index is 0.149. The highest BCUT2D eigenvalue weighted by Crippen LogP contribution is 2.37. The average molecular weight is 395 g/mol. The molecule has 0 radical (unpaired) electrons. The summed E-state index contributed by atoms with van der Waals surface area (Å²) < 4.78 is 24.7. The first-order chi connectivity index (χ1) is 13.5. The quantitative estimate of drug-likeness (QED) is 0.510. The minimum atomic E-state index is -0.397. The molecule has 0 fully saturated rings. The van der Waals surface area contributed by atoms with Crippen LogP contribution in [0.4, 0.5) is 4.39 Å². The molecule has 3 aromatic carbocycles. The summed E-state index contributed by atoms with van der Waals surface area (Å²) in [5.41, 5.74) is 2.86. The Kier molecular flexibility index (Phi) is 4.88. The fraction of sp³-hybridized carbons (Fsp3) is 0.0870. The largest absolute Gasteiger partial charge is 0.489 e. The maximum atomic E-state index is 13.2. The van der Waals surface area contributed by atoms with Crippen molar-refractivity contribution < 1.29 is 18.7 Å². The first-order valence-electron chi connectivity index (χ1n) is 8.72. The number of carbonyl (C=O) groups excluding carboxylic acids is 1. The second-order valence-corrected chi connectivity index (χ2v) is 6.90. The van der Waals surface area contributed by atoms with E-state index in [9.17, 15) is 9.18 Å². The second-order valence-electron chi connectivity index (χ2n) is 6.49. The van der Waals surface area contributed by atoms with Gasteiger partial charge < -0.3 is 9.47 Å². The number of rotatable bonds is 4. The minimum Gasteiger partial charge on any atom is -0.489 e. The van der Waals surface area contributed by atoms with Gasteiger partial charge in [0.15, 0.2) is 5.76 Å². The number of hydrogen-bond acceptors (Lipinski definition) is 3. The van der Waals surface area contributed by atoms with Gasteiger partial charge in [-0.3, -0.25) is 4.79 Å². The third-order valence-electron chi connectivity index (χ3n) is 4.45. The number of benzene rings is 3. The zero-order chi connectivity index (χ0) is 19.7. The Hall–Kier alpha value is -3.11. The highest BCUT2D eigenvalue weighted by atomic mass is 35.5. The van der Waals surface area contributed by atoms with E-state index >= 15 is 0 Å². The molecule has 3 aromatic rings. The molecule has 0 aliphatic carbocycles. The molecule has 0 unspecified atom stereocenters. The summed E-state index contributed by atoms with van der Waals surface area (Å²) in [4.78, 5) is 12.7. The van der Waals surface area contributed by atoms with Crippen molar-refractivity contribution in [3.05, 3.63) is 99.5 Å². The molecule has 140 valence electrons. The smallest absolute Gasteiger partial charge is 0.232 e. The van der Waals surface area contributed by atoms with Gasteiger partial charge in [0, 0.05) is 11.6 Å². The number of hydrogen-bond donors (Lipinski definition) is 0. The normalized spacial score (nSPS) is 14.1. The molecular formula is C23H16ClFO3. The summed E-state index contributed by atoms with van der Waals surface area (Å²) in [5, 5.41) is 0.303. The lowest BCUT2D eigenvalue weighted by atomic mass is 10.0. The molecule has 1 aliphatic heterocycles. The van der Waals surface area contributed by atoms with Crippen LogP contribution in [0.2, 0.25) is 5.02 Å². The number of allylic oxidation sites excluding steroid dienone is 1. The molecule has 4 rings (SSSR count). The summed E-state index contributed by atoms with van der Waals surface area (Å²) in [6.45, 7) is 2.02. The number of aryl methyl sites for hydroxylation is 1. The van der Waals surface area contributed by atoms with Crippen LogP contribution in [0.1, 0.15) is 27.0 Å². The van der Waals surface area contributed by atoms with Gasteiger partial charge >= 0.3 is 0 Å². The van der Waals surface area contributed by atoms with E-state index < -0.39 is 5.82 Å². The van der Waals surface area contributed by atoms with Crippen LogP contribution in [0, 0.1) is 12.7 Å². The Morgan fingerprint density at radius 3 is 2.64 bits per heavy atom. The third-order valence-corrected chi connectivity index (χ3v) is 4.80. The van der Waals surface area contributed by atoms with Crippen molar-refractivity contribution in [3.8, 4) is 11.5 Å². The van der Waals surface area contributed by atoms with Crippen LogP contribution in [-0.4, -0.2) is 5.78 Å². The molecule has 28 heavy (non-hydrogen) atoms. The van der Waals surface area contributed by atoms with Crippen LogP contribution in [0.5, 0.6) is 11.5 Å². The molecule has 1 heterocycles. The number of ether oxygens (including phenoxy) is 2. The first-order valence-corrected chi connectivity index (χ1v) is 9.10. The van der Waals surface area contributed by atoms with E-state index in [4.69, 9.17) is 21.1 Å². The Labute approximate surface area is 167 Å². The van der Waals surface area contributed by atoms with Gasteiger partial charge in [-0.05, 0) is 42.3 Å². The van der Waals surface area contributed by atoms with Crippen LogP contribution in [0.25, 0.3) is 6.08 Å². The SMILES string of the molecule is Cc1cc(OCc2ccc(F)cc2Cl)cc2c1C(=O)/C(=C/c1ccccc1)O2. The Morgan fingerprint density at radius 1 is 1.11 bits per heavy atom. The van der Waals surface area contributed by atoms with E-state index in [1.165, 1.54) is 12.1 Å². The van der Waals surface area contributed by atoms with Gasteiger partial charge in [0.05, 0.1) is 10.6 Å². The summed E-state index contributed by atoms with van der Waals surface area (Å²) in [5.74, 6) is 0.747. The summed E-state index contributed by atoms with van der Waals surface area (Å²) in [6, 6.07) is 17.1. The van der Waals surface area contributed by atoms with Gasteiger partial charge in [-0.1, -0.05) is 48.0 Å². The molecule has 0 bridgehead atoms. The van der Waals surface area contributed by atoms with Crippen molar-refractivity contribution in [3.63, 3.8) is 0 Å². The van der Waals surface area contributed by atoms with E-state index in [1.807, 2.05) is 37.3 Å². The van der Waals surface area contributed by atoms with Gasteiger partial charge in [-0.15, -0.1) is 0 Å². The van der Waals surface area contributed by atoms with Gasteiger partial charge in [0.1, 0.15) is 23.9 Å². The van der Waals surface area contributed by atoms with Gasteiger partial charge in [-0.25, -0.2) is 4.39 Å². The topological polar surface area (TPSA) is 35.5 Å². The molecule has 0 amide bonds. The van der Waals surface area contributed by atoms with Crippen molar-refractivity contribution in [2.24, 2.45) is 0 Å². The summed E-state index contributed by atoms with van der Waals surface area (Å²) >= 11 is 6.04. The monoisotopic (exact) mass is 394 g/mol. The molecule has 0 saturated heterocycles. The maximum Gasteiger partial charge on any atom is 0.232 e. The Morgan fingerprint density at radius 2 is 1.89 bits per heavy atom. The van der Waals surface area contributed by atoms with Crippen LogP contribution in [0.15, 0.2) is 66.4 Å². The molecule has 0 aromatic heterocycles. The standard InChI is InChI=1S/C23H16ClFO3/c1-14-9-18(27-13-16-7-8-17(25)11-19(16)24)12-20-22(14)23(26)21(28-20)10-15-5-3-2-4-6-15/h2-12H,13H2,1H3/b21-10-. The molecule has 3 nitrogen and oxygen atoms in total. The van der Waals surface area contributed by atoms with Crippen LogP contribution in [0.3, 0.4) is 0 Å². The first kappa shape index (κ1) is 18.3. The van der Waals surface area contributed by atoms with Crippen molar-refractivity contribution in [2.45, 2.75) is 13.5 Å². The van der Waals surface area contributed by atoms with Crippen LogP contribution >= 0.6 is 11.6 Å².